The largest absolute Gasteiger partial charge is 0.493 e. The fraction of sp³-hybridized carbons (Fsp3) is 0.300. The minimum Gasteiger partial charge on any atom is -0.493 e. The van der Waals surface area contributed by atoms with Crippen molar-refractivity contribution in [1.29, 1.82) is 0 Å². The topological polar surface area (TPSA) is 145 Å². The quantitative estimate of drug-likeness (QED) is 0.344. The van der Waals surface area contributed by atoms with E-state index < -0.39 is 28.1 Å². The van der Waals surface area contributed by atoms with Gasteiger partial charge in [-0.2, -0.15) is 0 Å². The molecule has 0 atom stereocenters. The van der Waals surface area contributed by atoms with Crippen molar-refractivity contribution in [3.8, 4) is 28.7 Å². The van der Waals surface area contributed by atoms with Crippen LogP contribution in [0.4, 0.5) is 11.4 Å². The summed E-state index contributed by atoms with van der Waals surface area (Å²) in [5.41, 5.74) is -1.13. The van der Waals surface area contributed by atoms with Crippen LogP contribution in [0.3, 0.4) is 0 Å². The zero-order valence-corrected chi connectivity index (χ0v) is 18.3. The van der Waals surface area contributed by atoms with Gasteiger partial charge in [-0.05, 0) is 0 Å². The van der Waals surface area contributed by atoms with Crippen molar-refractivity contribution < 1.29 is 42.9 Å². The summed E-state index contributed by atoms with van der Waals surface area (Å²) in [6.45, 7) is 0. The lowest BCUT2D eigenvalue weighted by atomic mass is 10.1. The molecule has 0 spiro atoms. The minimum absolute atomic E-state index is 0.0254. The monoisotopic (exact) mass is 450 g/mol. The zero-order valence-electron chi connectivity index (χ0n) is 18.3. The van der Waals surface area contributed by atoms with Crippen LogP contribution in [0.1, 0.15) is 20.7 Å². The summed E-state index contributed by atoms with van der Waals surface area (Å²) in [6.07, 6.45) is 0. The smallest absolute Gasteiger partial charge is 0.340 e. The van der Waals surface area contributed by atoms with Gasteiger partial charge in [-0.3, -0.25) is 14.9 Å². The van der Waals surface area contributed by atoms with E-state index in [1.807, 2.05) is 0 Å². The van der Waals surface area contributed by atoms with Crippen LogP contribution in [0.25, 0.3) is 0 Å². The van der Waals surface area contributed by atoms with Crippen LogP contribution in [-0.4, -0.2) is 59.5 Å². The molecule has 0 bridgehead atoms. The Balaban J connectivity index is 2.69. The highest BCUT2D eigenvalue weighted by Crippen LogP contribution is 2.46. The first-order valence-electron chi connectivity index (χ1n) is 8.90. The first-order valence-corrected chi connectivity index (χ1v) is 8.90. The van der Waals surface area contributed by atoms with Crippen molar-refractivity contribution in [3.63, 3.8) is 0 Å². The third kappa shape index (κ3) is 4.43. The van der Waals surface area contributed by atoms with Crippen LogP contribution in [-0.2, 0) is 4.74 Å². The van der Waals surface area contributed by atoms with Gasteiger partial charge in [0.1, 0.15) is 5.56 Å². The summed E-state index contributed by atoms with van der Waals surface area (Å²) >= 11 is 0. The maximum Gasteiger partial charge on any atom is 0.340 e. The Kier molecular flexibility index (Phi) is 7.66. The van der Waals surface area contributed by atoms with E-state index in [4.69, 9.17) is 28.4 Å². The molecule has 1 amide bonds. The second kappa shape index (κ2) is 10.2. The van der Waals surface area contributed by atoms with Gasteiger partial charge in [0, 0.05) is 18.2 Å². The molecule has 0 aromatic heterocycles. The molecule has 0 fully saturated rings. The van der Waals surface area contributed by atoms with E-state index in [1.54, 1.807) is 0 Å². The van der Waals surface area contributed by atoms with E-state index in [-0.39, 0.29) is 40.0 Å². The van der Waals surface area contributed by atoms with E-state index in [2.05, 4.69) is 5.32 Å². The third-order valence-electron chi connectivity index (χ3n) is 4.41. The molecule has 1 N–H and O–H groups in total. The molecular weight excluding hydrogens is 428 g/mol. The molecule has 0 saturated carbocycles. The Morgan fingerprint density at radius 1 is 0.781 bits per heavy atom. The molecule has 2 aromatic carbocycles. The van der Waals surface area contributed by atoms with E-state index in [9.17, 15) is 19.7 Å². The summed E-state index contributed by atoms with van der Waals surface area (Å²) in [5.74, 6) is -1.61. The molecule has 0 aliphatic carbocycles. The number of benzene rings is 2. The van der Waals surface area contributed by atoms with Gasteiger partial charge >= 0.3 is 11.7 Å². The van der Waals surface area contributed by atoms with Gasteiger partial charge in [0.15, 0.2) is 17.2 Å². The van der Waals surface area contributed by atoms with Crippen LogP contribution in [0.15, 0.2) is 18.2 Å². The van der Waals surface area contributed by atoms with Crippen molar-refractivity contribution in [1.82, 2.24) is 0 Å². The fourth-order valence-corrected chi connectivity index (χ4v) is 2.95. The van der Waals surface area contributed by atoms with E-state index in [0.29, 0.717) is 0 Å². The SMILES string of the molecule is COC(=O)c1cc(OC)c(OC)cc1NC(=O)c1cc(OC)c(OC)c(OC)c1[N+](=O)[O-]. The lowest BCUT2D eigenvalue weighted by molar-refractivity contribution is -0.386. The number of amides is 1. The van der Waals surface area contributed by atoms with Gasteiger partial charge in [-0.25, -0.2) is 4.79 Å². The van der Waals surface area contributed by atoms with Crippen LogP contribution in [0.2, 0.25) is 0 Å². The minimum atomic E-state index is -0.923. The summed E-state index contributed by atoms with van der Waals surface area (Å²) in [7, 11) is 7.66. The van der Waals surface area contributed by atoms with Gasteiger partial charge in [-0.1, -0.05) is 0 Å². The number of ether oxygens (including phenoxy) is 6. The average molecular weight is 450 g/mol. The number of anilines is 1. The highest BCUT2D eigenvalue weighted by atomic mass is 16.6. The molecule has 0 unspecified atom stereocenters. The van der Waals surface area contributed by atoms with E-state index >= 15 is 0 Å². The van der Waals surface area contributed by atoms with Crippen molar-refractivity contribution in [2.45, 2.75) is 0 Å². The molecule has 0 aliphatic heterocycles. The van der Waals surface area contributed by atoms with Crippen molar-refractivity contribution in [2.24, 2.45) is 0 Å². The van der Waals surface area contributed by atoms with Crippen LogP contribution in [0, 0.1) is 10.1 Å². The van der Waals surface area contributed by atoms with Crippen LogP contribution < -0.4 is 29.0 Å². The number of nitro benzene ring substituents is 1. The first kappa shape index (κ1) is 24.1. The van der Waals surface area contributed by atoms with Crippen molar-refractivity contribution >= 4 is 23.3 Å². The Hall–Kier alpha value is -4.22. The highest BCUT2D eigenvalue weighted by Gasteiger charge is 2.33. The normalized spacial score (nSPS) is 10.1. The number of rotatable bonds is 9. The molecule has 2 rings (SSSR count). The van der Waals surface area contributed by atoms with Crippen LogP contribution >= 0.6 is 0 Å². The molecular formula is C20H22N2O10. The number of esters is 1. The summed E-state index contributed by atoms with van der Waals surface area (Å²) in [5, 5.41) is 14.2. The van der Waals surface area contributed by atoms with Gasteiger partial charge in [0.2, 0.25) is 11.5 Å². The number of nitrogens with zero attached hydrogens (tertiary/aromatic N) is 1. The number of carbonyl (C=O) groups is 2. The predicted octanol–water partition coefficient (Wildman–Crippen LogP) is 2.68. The molecule has 0 heterocycles. The Bertz CT molecular complexity index is 1050. The second-order valence-corrected chi connectivity index (χ2v) is 6.00. The Morgan fingerprint density at radius 3 is 1.78 bits per heavy atom. The zero-order chi connectivity index (χ0) is 24.0. The molecule has 32 heavy (non-hydrogen) atoms. The van der Waals surface area contributed by atoms with Gasteiger partial charge < -0.3 is 33.7 Å². The maximum absolute atomic E-state index is 13.1. The van der Waals surface area contributed by atoms with E-state index in [1.165, 1.54) is 47.7 Å². The molecule has 0 radical (unpaired) electrons. The lowest BCUT2D eigenvalue weighted by Gasteiger charge is -2.16. The maximum atomic E-state index is 13.1. The summed E-state index contributed by atoms with van der Waals surface area (Å²) < 4.78 is 30.6. The number of nitro groups is 1. The van der Waals surface area contributed by atoms with Gasteiger partial charge in [-0.15, -0.1) is 0 Å². The molecule has 172 valence electrons. The molecule has 0 aliphatic rings. The Morgan fingerprint density at radius 2 is 1.31 bits per heavy atom. The first-order chi connectivity index (χ1) is 15.3. The molecule has 12 nitrogen and oxygen atoms in total. The number of carbonyl (C=O) groups excluding carboxylic acids is 2. The van der Waals surface area contributed by atoms with Gasteiger partial charge in [0.05, 0.1) is 58.8 Å². The summed E-state index contributed by atoms with van der Waals surface area (Å²) in [6, 6.07) is 3.77. The van der Waals surface area contributed by atoms with Crippen molar-refractivity contribution in [3.05, 3.63) is 39.4 Å². The standard InChI is InChI=1S/C20H22N2O10/c1-27-13-7-10(20(24)32-6)12(9-14(13)28-2)21-19(23)11-8-15(29-3)17(30-4)18(31-5)16(11)22(25)26/h7-9H,1-6H3,(H,21,23). The second-order valence-electron chi connectivity index (χ2n) is 6.00. The number of hydrogen-bond acceptors (Lipinski definition) is 10. The Labute approximate surface area is 183 Å². The van der Waals surface area contributed by atoms with Crippen molar-refractivity contribution in [2.75, 3.05) is 48.0 Å². The fourth-order valence-electron chi connectivity index (χ4n) is 2.95. The average Bonchev–Trinajstić information content (AvgIpc) is 2.81. The number of methoxy groups -OCH3 is 6. The van der Waals surface area contributed by atoms with Crippen LogP contribution in [0.5, 0.6) is 28.7 Å². The van der Waals surface area contributed by atoms with Gasteiger partial charge in [0.25, 0.3) is 5.91 Å². The molecule has 12 heteroatoms. The highest BCUT2D eigenvalue weighted by molar-refractivity contribution is 6.11. The molecule has 2 aromatic rings. The lowest BCUT2D eigenvalue weighted by Crippen LogP contribution is -2.18. The van der Waals surface area contributed by atoms with E-state index in [0.717, 1.165) is 13.2 Å². The number of nitrogens with one attached hydrogen (secondary N) is 1. The summed E-state index contributed by atoms with van der Waals surface area (Å²) in [4.78, 5) is 36.3. The number of hydrogen-bond donors (Lipinski definition) is 1. The predicted molar refractivity (Wildman–Crippen MR) is 112 cm³/mol. The third-order valence-corrected chi connectivity index (χ3v) is 4.41. The molecule has 0 saturated heterocycles.